The molecule has 148 valence electrons. The molecule has 0 atom stereocenters. The quantitative estimate of drug-likeness (QED) is 0.331. The van der Waals surface area contributed by atoms with Crippen LogP contribution in [0.2, 0.25) is 0 Å². The van der Waals surface area contributed by atoms with E-state index in [0.717, 1.165) is 5.69 Å². The molecular weight excluding hydrogens is 392 g/mol. The first kappa shape index (κ1) is 20.2. The van der Waals surface area contributed by atoms with Crippen molar-refractivity contribution >= 4 is 39.5 Å². The maximum Gasteiger partial charge on any atom is 0.273 e. The van der Waals surface area contributed by atoms with Crippen molar-refractivity contribution in [2.75, 3.05) is 5.32 Å². The lowest BCUT2D eigenvalue weighted by Crippen LogP contribution is -2.25. The van der Waals surface area contributed by atoms with Gasteiger partial charge in [-0.25, -0.2) is 4.98 Å². The van der Waals surface area contributed by atoms with Gasteiger partial charge in [-0.3, -0.25) is 19.7 Å². The van der Waals surface area contributed by atoms with Crippen molar-refractivity contribution in [1.29, 1.82) is 0 Å². The molecule has 1 heterocycles. The van der Waals surface area contributed by atoms with Gasteiger partial charge in [0.1, 0.15) is 0 Å². The van der Waals surface area contributed by atoms with E-state index in [-0.39, 0.29) is 30.3 Å². The number of amides is 1. The second-order valence-corrected chi connectivity index (χ2v) is 7.10. The molecule has 0 bridgehead atoms. The highest BCUT2D eigenvalue weighted by Crippen LogP contribution is 2.22. The third-order valence-corrected chi connectivity index (χ3v) is 4.91. The number of aromatic nitrogens is 1. The molecule has 0 unspecified atom stereocenters. The number of para-hydroxylation sites is 1. The Morgan fingerprint density at radius 3 is 2.55 bits per heavy atom. The first-order valence-electron chi connectivity index (χ1n) is 8.74. The maximum absolute atomic E-state index is 12.1. The van der Waals surface area contributed by atoms with Crippen molar-refractivity contribution in [3.63, 3.8) is 0 Å². The molecule has 29 heavy (non-hydrogen) atoms. The lowest BCUT2D eigenvalue weighted by molar-refractivity contribution is -0.385. The van der Waals surface area contributed by atoms with Crippen molar-refractivity contribution in [3.8, 4) is 0 Å². The van der Waals surface area contributed by atoms with E-state index in [4.69, 9.17) is 0 Å². The fourth-order valence-corrected chi connectivity index (χ4v) is 3.35. The highest BCUT2D eigenvalue weighted by molar-refractivity contribution is 7.13. The van der Waals surface area contributed by atoms with Crippen LogP contribution in [0.4, 0.5) is 16.5 Å². The highest BCUT2D eigenvalue weighted by atomic mass is 32.1. The summed E-state index contributed by atoms with van der Waals surface area (Å²) in [5.41, 5.74) is 2.41. The molecule has 0 saturated carbocycles. The Balaban J connectivity index is 1.54. The third kappa shape index (κ3) is 5.45. The smallest absolute Gasteiger partial charge is 0.273 e. The molecular formula is C20H18N4O4S. The molecule has 8 nitrogen and oxygen atoms in total. The number of hydrogen-bond acceptors (Lipinski definition) is 7. The molecule has 2 aromatic carbocycles. The van der Waals surface area contributed by atoms with Crippen LogP contribution in [0.25, 0.3) is 0 Å². The summed E-state index contributed by atoms with van der Waals surface area (Å²) in [6, 6.07) is 13.3. The van der Waals surface area contributed by atoms with Crippen LogP contribution < -0.4 is 10.6 Å². The predicted octanol–water partition coefficient (Wildman–Crippen LogP) is 3.86. The van der Waals surface area contributed by atoms with Crippen LogP contribution >= 0.6 is 11.3 Å². The summed E-state index contributed by atoms with van der Waals surface area (Å²) in [6.07, 6.45) is -0.0745. The molecule has 1 aromatic heterocycles. The van der Waals surface area contributed by atoms with Crippen molar-refractivity contribution in [1.82, 2.24) is 10.3 Å². The van der Waals surface area contributed by atoms with Gasteiger partial charge in [-0.1, -0.05) is 18.2 Å². The number of nitro groups is 1. The van der Waals surface area contributed by atoms with Gasteiger partial charge in [0, 0.05) is 28.3 Å². The van der Waals surface area contributed by atoms with E-state index in [1.165, 1.54) is 24.3 Å². The van der Waals surface area contributed by atoms with E-state index in [2.05, 4.69) is 15.6 Å². The van der Waals surface area contributed by atoms with Crippen LogP contribution in [0, 0.1) is 10.1 Å². The Hall–Kier alpha value is -3.59. The molecule has 0 fully saturated rings. The van der Waals surface area contributed by atoms with Gasteiger partial charge in [-0.05, 0) is 31.2 Å². The number of Topliss-reactive ketones (excluding diaryl/α,β-unsaturated/α-hetero) is 1. The summed E-state index contributed by atoms with van der Waals surface area (Å²) in [4.78, 5) is 38.4. The van der Waals surface area contributed by atoms with Crippen LogP contribution in [-0.4, -0.2) is 21.6 Å². The van der Waals surface area contributed by atoms with Gasteiger partial charge in [-0.2, -0.15) is 0 Å². The number of thiazole rings is 1. The molecule has 1 amide bonds. The molecule has 3 rings (SSSR count). The van der Waals surface area contributed by atoms with E-state index in [1.54, 1.807) is 42.5 Å². The lowest BCUT2D eigenvalue weighted by Gasteiger charge is -2.05. The number of benzene rings is 2. The third-order valence-electron chi connectivity index (χ3n) is 4.10. The first-order valence-corrected chi connectivity index (χ1v) is 9.62. The second kappa shape index (κ2) is 9.07. The van der Waals surface area contributed by atoms with Crippen LogP contribution in [-0.2, 0) is 17.8 Å². The number of nitro benzene ring substituents is 1. The van der Waals surface area contributed by atoms with E-state index in [9.17, 15) is 19.7 Å². The van der Waals surface area contributed by atoms with Crippen molar-refractivity contribution in [2.24, 2.45) is 0 Å². The SMILES string of the molecule is CC(=O)c1ccc(Nc2nc(CNC(=O)Cc3ccccc3[N+](=O)[O-])cs2)cc1. The molecule has 0 aliphatic carbocycles. The standard InChI is InChI=1S/C20H18N4O4S/c1-13(25)14-6-8-16(9-7-14)22-20-23-17(12-29-20)11-21-19(26)10-15-4-2-3-5-18(15)24(27)28/h2-9,12H,10-11H2,1H3,(H,21,26)(H,22,23). The Bertz CT molecular complexity index is 1050. The average Bonchev–Trinajstić information content (AvgIpc) is 3.14. The number of carbonyl (C=O) groups excluding carboxylic acids is 2. The summed E-state index contributed by atoms with van der Waals surface area (Å²) < 4.78 is 0. The largest absolute Gasteiger partial charge is 0.350 e. The van der Waals surface area contributed by atoms with Crippen molar-refractivity contribution in [2.45, 2.75) is 19.9 Å². The first-order chi connectivity index (χ1) is 13.9. The molecule has 3 aromatic rings. The number of rotatable bonds is 8. The van der Waals surface area contributed by atoms with Gasteiger partial charge in [0.25, 0.3) is 5.69 Å². The molecule has 0 aliphatic heterocycles. The Kier molecular flexibility index (Phi) is 6.30. The zero-order valence-corrected chi connectivity index (χ0v) is 16.4. The number of hydrogen-bond donors (Lipinski definition) is 2. The number of carbonyl (C=O) groups is 2. The zero-order valence-electron chi connectivity index (χ0n) is 15.5. The summed E-state index contributed by atoms with van der Waals surface area (Å²) in [5, 5.41) is 19.4. The lowest BCUT2D eigenvalue weighted by atomic mass is 10.1. The molecule has 9 heteroatoms. The van der Waals surface area contributed by atoms with Gasteiger partial charge < -0.3 is 10.6 Å². The number of anilines is 2. The van der Waals surface area contributed by atoms with Gasteiger partial charge in [-0.15, -0.1) is 11.3 Å². The van der Waals surface area contributed by atoms with Crippen LogP contribution in [0.5, 0.6) is 0 Å². The van der Waals surface area contributed by atoms with Crippen molar-refractivity contribution < 1.29 is 14.5 Å². The summed E-state index contributed by atoms with van der Waals surface area (Å²) in [6.45, 7) is 1.74. The molecule has 0 radical (unpaired) electrons. The van der Waals surface area contributed by atoms with E-state index in [1.807, 2.05) is 5.38 Å². The van der Waals surface area contributed by atoms with E-state index >= 15 is 0 Å². The summed E-state index contributed by atoms with van der Waals surface area (Å²) in [7, 11) is 0. The van der Waals surface area contributed by atoms with E-state index in [0.29, 0.717) is 22.0 Å². The Morgan fingerprint density at radius 2 is 1.86 bits per heavy atom. The second-order valence-electron chi connectivity index (χ2n) is 6.24. The topological polar surface area (TPSA) is 114 Å². The van der Waals surface area contributed by atoms with E-state index < -0.39 is 4.92 Å². The zero-order chi connectivity index (χ0) is 20.8. The molecule has 0 aliphatic rings. The minimum absolute atomic E-state index is 0.00432. The van der Waals surface area contributed by atoms with Gasteiger partial charge in [0.2, 0.25) is 5.91 Å². The van der Waals surface area contributed by atoms with Crippen LogP contribution in [0.3, 0.4) is 0 Å². The number of ketones is 1. The monoisotopic (exact) mass is 410 g/mol. The Labute approximate surface area is 170 Å². The minimum Gasteiger partial charge on any atom is -0.350 e. The predicted molar refractivity (Wildman–Crippen MR) is 110 cm³/mol. The average molecular weight is 410 g/mol. The van der Waals surface area contributed by atoms with Gasteiger partial charge >= 0.3 is 0 Å². The maximum atomic E-state index is 12.1. The summed E-state index contributed by atoms with van der Waals surface area (Å²) >= 11 is 1.39. The van der Waals surface area contributed by atoms with Gasteiger partial charge in [0.15, 0.2) is 10.9 Å². The highest BCUT2D eigenvalue weighted by Gasteiger charge is 2.15. The van der Waals surface area contributed by atoms with Crippen LogP contribution in [0.15, 0.2) is 53.9 Å². The Morgan fingerprint density at radius 1 is 1.14 bits per heavy atom. The van der Waals surface area contributed by atoms with Crippen molar-refractivity contribution in [3.05, 3.63) is 80.8 Å². The molecule has 0 spiro atoms. The number of nitrogens with zero attached hydrogens (tertiary/aromatic N) is 2. The normalized spacial score (nSPS) is 10.4. The number of nitrogens with one attached hydrogen (secondary N) is 2. The molecule has 2 N–H and O–H groups in total. The summed E-state index contributed by atoms with van der Waals surface area (Å²) in [5.74, 6) is -0.314. The fourth-order valence-electron chi connectivity index (χ4n) is 2.62. The molecule has 0 saturated heterocycles. The van der Waals surface area contributed by atoms with Crippen LogP contribution in [0.1, 0.15) is 28.5 Å². The minimum atomic E-state index is -0.496. The van der Waals surface area contributed by atoms with Gasteiger partial charge in [0.05, 0.1) is 23.6 Å². The fraction of sp³-hybridized carbons (Fsp3) is 0.150.